The second kappa shape index (κ2) is 9.55. The van der Waals surface area contributed by atoms with Crippen molar-refractivity contribution in [1.29, 1.82) is 0 Å². The predicted octanol–water partition coefficient (Wildman–Crippen LogP) is -2.41. The molecule has 0 spiro atoms. The Balaban J connectivity index is 0.00000132. The van der Waals surface area contributed by atoms with Crippen molar-refractivity contribution < 1.29 is 50.5 Å². The summed E-state index contributed by atoms with van der Waals surface area (Å²) in [4.78, 5) is 12.6. The number of carbonyl (C=O) groups excluding carboxylic acids is 1. The van der Waals surface area contributed by atoms with Crippen molar-refractivity contribution in [3.63, 3.8) is 0 Å². The van der Waals surface area contributed by atoms with Crippen LogP contribution in [0.25, 0.3) is 6.08 Å². The van der Waals surface area contributed by atoms with Crippen molar-refractivity contribution in [3.8, 4) is 0 Å². The molecule has 2 nitrogen and oxygen atoms in total. The fourth-order valence-corrected chi connectivity index (χ4v) is 24.5. The van der Waals surface area contributed by atoms with Gasteiger partial charge in [0.15, 0.2) is 0 Å². The van der Waals surface area contributed by atoms with E-state index in [4.69, 9.17) is 0 Å². The van der Waals surface area contributed by atoms with E-state index in [0.29, 0.717) is 15.5 Å². The Bertz CT molecular complexity index is 561. The summed E-state index contributed by atoms with van der Waals surface area (Å²) in [6, 6.07) is 8.72. The fourth-order valence-electron chi connectivity index (χ4n) is 3.53. The average molecular weight is 536 g/mol. The molecule has 1 fully saturated rings. The molecule has 0 aromatic heterocycles. The van der Waals surface area contributed by atoms with Crippen LogP contribution in [0.4, 0.5) is 0 Å². The molecule has 0 bridgehead atoms. The van der Waals surface area contributed by atoms with Crippen LogP contribution in [0.2, 0.25) is 13.1 Å². The van der Waals surface area contributed by atoms with Gasteiger partial charge in [-0.05, 0) is 0 Å². The van der Waals surface area contributed by atoms with Crippen LogP contribution in [0.3, 0.4) is 0 Å². The number of fused-ring (bicyclic) bond motifs is 1. The number of allylic oxidation sites excluding steroid dienone is 1. The first-order valence-electron chi connectivity index (χ1n) is 8.11. The van der Waals surface area contributed by atoms with Gasteiger partial charge in [-0.25, -0.2) is 0 Å². The zero-order valence-electron chi connectivity index (χ0n) is 13.7. The van der Waals surface area contributed by atoms with Crippen LogP contribution in [0.15, 0.2) is 30.3 Å². The molecule has 0 radical (unpaired) electrons. The van der Waals surface area contributed by atoms with E-state index in [0.717, 1.165) is 12.8 Å². The summed E-state index contributed by atoms with van der Waals surface area (Å²) in [5, 5.41) is 0. The minimum absolute atomic E-state index is 0. The zero-order chi connectivity index (χ0) is 14.8. The molecular weight excluding hydrogens is 512 g/mol. The number of carbonyl (C=O) groups is 1. The van der Waals surface area contributed by atoms with Crippen molar-refractivity contribution in [3.05, 3.63) is 41.5 Å². The van der Waals surface area contributed by atoms with E-state index in [1.54, 1.807) is 0 Å². The van der Waals surface area contributed by atoms with Gasteiger partial charge in [-0.1, -0.05) is 0 Å². The Morgan fingerprint density at radius 2 is 1.83 bits per heavy atom. The molecule has 1 unspecified atom stereocenters. The maximum absolute atomic E-state index is 12.6. The number of rotatable bonds is 4. The molecule has 1 saturated carbocycles. The Hall–Kier alpha value is 0.0970. The standard InChI is InChI=1S/C9H7.C6H11NO.C2H7Si.2ClH.Hf/c1-2-5-9-7-3-6-8(9)4-1;7-6(8)5-3-1-2-4-5;1-3-2;;;/h1-7H;5H,1-4H2,(H2,7,8);3H,1-2H3;2*1H;/q;;;;;+3/p-3. The third kappa shape index (κ3) is 4.81. The van der Waals surface area contributed by atoms with Crippen molar-refractivity contribution in [2.75, 3.05) is 0 Å². The Labute approximate surface area is 160 Å². The second-order valence-corrected chi connectivity index (χ2v) is 32.8. The van der Waals surface area contributed by atoms with Gasteiger partial charge in [0.05, 0.1) is 0 Å². The van der Waals surface area contributed by atoms with E-state index >= 15 is 0 Å². The van der Waals surface area contributed by atoms with Crippen molar-refractivity contribution in [2.24, 2.45) is 5.92 Å². The molecule has 0 heterocycles. The monoisotopic (exact) mass is 536 g/mol. The number of hydrogen-bond donors (Lipinski definition) is 1. The number of amides is 1. The van der Waals surface area contributed by atoms with Crippen molar-refractivity contribution in [1.82, 2.24) is 3.30 Å². The normalized spacial score (nSPS) is 19.0. The third-order valence-electron chi connectivity index (χ3n) is 4.75. The van der Waals surface area contributed by atoms with Gasteiger partial charge in [0.2, 0.25) is 0 Å². The SMILES string of the molecule is C[SiH](C)[Hf+2]([NH]C(=O)C1CCCC1)[CH]1C=Cc2ccccc21.[Cl-].[Cl-]. The summed E-state index contributed by atoms with van der Waals surface area (Å²) in [5.41, 5.74) is 2.85. The van der Waals surface area contributed by atoms with Gasteiger partial charge in [-0.3, -0.25) is 0 Å². The number of hydrogen-bond acceptors (Lipinski definition) is 1. The number of benzene rings is 1. The van der Waals surface area contributed by atoms with E-state index in [1.807, 2.05) is 0 Å². The van der Waals surface area contributed by atoms with Gasteiger partial charge >= 0.3 is 137 Å². The minimum atomic E-state index is -2.11. The zero-order valence-corrected chi connectivity index (χ0v) is 19.9. The molecular formula is C17H24Cl2HfNOSi. The summed E-state index contributed by atoms with van der Waals surface area (Å²) < 4.78 is 4.21. The van der Waals surface area contributed by atoms with Crippen LogP contribution in [-0.4, -0.2) is 11.9 Å². The van der Waals surface area contributed by atoms with Crippen molar-refractivity contribution >= 4 is 18.0 Å². The summed E-state index contributed by atoms with van der Waals surface area (Å²) in [6.45, 7) is 4.87. The molecule has 2 aliphatic carbocycles. The van der Waals surface area contributed by atoms with Gasteiger partial charge in [-0.15, -0.1) is 0 Å². The van der Waals surface area contributed by atoms with Crippen LogP contribution < -0.4 is 28.1 Å². The van der Waals surface area contributed by atoms with E-state index < -0.39 is 26.9 Å². The van der Waals surface area contributed by atoms with Crippen LogP contribution in [0, 0.1) is 5.92 Å². The van der Waals surface area contributed by atoms with Crippen LogP contribution in [-0.2, 0) is 25.7 Å². The van der Waals surface area contributed by atoms with Gasteiger partial charge in [0, 0.05) is 0 Å². The van der Waals surface area contributed by atoms with Gasteiger partial charge in [-0.2, -0.15) is 0 Å². The van der Waals surface area contributed by atoms with E-state index in [1.165, 1.54) is 24.0 Å². The topological polar surface area (TPSA) is 29.1 Å². The van der Waals surface area contributed by atoms with Gasteiger partial charge in [0.25, 0.3) is 0 Å². The first-order valence-corrected chi connectivity index (χ1v) is 21.1. The summed E-state index contributed by atoms with van der Waals surface area (Å²) in [7, 11) is 0. The smallest absolute Gasteiger partial charge is 1.00 e. The largest absolute Gasteiger partial charge is 1.00 e. The molecule has 1 aromatic rings. The average Bonchev–Trinajstić information content (AvgIpc) is 3.14. The maximum Gasteiger partial charge on any atom is -1.00 e. The van der Waals surface area contributed by atoms with E-state index in [2.05, 4.69) is 52.8 Å². The van der Waals surface area contributed by atoms with Crippen LogP contribution in [0.5, 0.6) is 0 Å². The Morgan fingerprint density at radius 3 is 2.48 bits per heavy atom. The Kier molecular flexibility index (Phi) is 8.77. The molecule has 1 atom stereocenters. The molecule has 23 heavy (non-hydrogen) atoms. The van der Waals surface area contributed by atoms with Gasteiger partial charge < -0.3 is 24.8 Å². The number of halogens is 2. The van der Waals surface area contributed by atoms with Crippen molar-refractivity contribution in [2.45, 2.75) is 42.5 Å². The quantitative estimate of drug-likeness (QED) is 0.428. The Morgan fingerprint density at radius 1 is 1.17 bits per heavy atom. The number of nitrogens with one attached hydrogen (secondary N) is 1. The first-order chi connectivity index (χ1) is 10.2. The molecule has 6 heteroatoms. The van der Waals surface area contributed by atoms with E-state index in [9.17, 15) is 4.79 Å². The fraction of sp³-hybridized carbons (Fsp3) is 0.471. The summed E-state index contributed by atoms with van der Waals surface area (Å²) >= 11 is -2.11. The molecule has 3 rings (SSSR count). The van der Waals surface area contributed by atoms with Gasteiger partial charge in [0.1, 0.15) is 0 Å². The molecule has 1 aromatic carbocycles. The molecule has 1 amide bonds. The predicted molar refractivity (Wildman–Crippen MR) is 87.2 cm³/mol. The molecule has 0 saturated heterocycles. The van der Waals surface area contributed by atoms with Crippen LogP contribution in [0.1, 0.15) is 40.5 Å². The van der Waals surface area contributed by atoms with E-state index in [-0.39, 0.29) is 24.8 Å². The first kappa shape index (κ1) is 21.1. The third-order valence-corrected chi connectivity index (χ3v) is 29.7. The molecule has 2 aliphatic rings. The second-order valence-electron chi connectivity index (χ2n) is 6.55. The molecule has 0 aliphatic heterocycles. The summed E-state index contributed by atoms with van der Waals surface area (Å²) in [6.07, 6.45) is 9.36. The molecule has 1 N–H and O–H groups in total. The summed E-state index contributed by atoms with van der Waals surface area (Å²) in [5.74, 6) is -0.0518. The minimum Gasteiger partial charge on any atom is -1.00 e. The van der Waals surface area contributed by atoms with Crippen LogP contribution >= 0.6 is 0 Å². The maximum atomic E-state index is 12.6. The molecule has 125 valence electrons.